The van der Waals surface area contributed by atoms with Crippen molar-refractivity contribution in [2.75, 3.05) is 5.75 Å². The van der Waals surface area contributed by atoms with Gasteiger partial charge in [-0.25, -0.2) is 14.6 Å². The first-order valence-electron chi connectivity index (χ1n) is 6.12. The fourth-order valence-corrected chi connectivity index (χ4v) is 2.42. The van der Waals surface area contributed by atoms with E-state index in [-0.39, 0.29) is 5.75 Å². The van der Waals surface area contributed by atoms with E-state index in [4.69, 9.17) is 5.11 Å². The van der Waals surface area contributed by atoms with Crippen LogP contribution in [0.25, 0.3) is 5.95 Å². The van der Waals surface area contributed by atoms with Crippen LogP contribution in [0.1, 0.15) is 22.6 Å². The molecule has 1 N–H and O–H groups in total. The largest absolute Gasteiger partial charge is 0.481 e. The Hall–Kier alpha value is -1.89. The quantitative estimate of drug-likeness (QED) is 0.686. The van der Waals surface area contributed by atoms with Crippen LogP contribution in [0.2, 0.25) is 0 Å². The zero-order valence-corrected chi connectivity index (χ0v) is 12.7. The van der Waals surface area contributed by atoms with Crippen molar-refractivity contribution in [3.05, 3.63) is 28.7 Å². The van der Waals surface area contributed by atoms with Crippen LogP contribution in [0.15, 0.2) is 11.1 Å². The molecule has 6 nitrogen and oxygen atoms in total. The molecule has 0 amide bonds. The van der Waals surface area contributed by atoms with Crippen LogP contribution >= 0.6 is 11.8 Å². The third kappa shape index (κ3) is 2.98. The number of nitrogens with zero attached hydrogens (tertiary/aromatic N) is 4. The van der Waals surface area contributed by atoms with Gasteiger partial charge in [0.15, 0.2) is 0 Å². The molecule has 0 unspecified atom stereocenters. The van der Waals surface area contributed by atoms with Gasteiger partial charge in [0.05, 0.1) is 11.4 Å². The normalized spacial score (nSPS) is 10.8. The van der Waals surface area contributed by atoms with Gasteiger partial charge in [0.1, 0.15) is 5.03 Å². The zero-order valence-electron chi connectivity index (χ0n) is 11.8. The highest BCUT2D eigenvalue weighted by Gasteiger charge is 2.13. The predicted molar refractivity (Wildman–Crippen MR) is 76.5 cm³/mol. The Morgan fingerprint density at radius 2 is 2.00 bits per heavy atom. The van der Waals surface area contributed by atoms with Gasteiger partial charge in [-0.2, -0.15) is 5.10 Å². The maximum absolute atomic E-state index is 10.6. The molecule has 0 spiro atoms. The number of aromatic nitrogens is 4. The van der Waals surface area contributed by atoms with E-state index in [9.17, 15) is 4.79 Å². The molecule has 0 atom stereocenters. The van der Waals surface area contributed by atoms with Crippen molar-refractivity contribution in [2.45, 2.75) is 32.7 Å². The summed E-state index contributed by atoms with van der Waals surface area (Å²) in [5, 5.41) is 13.8. The standard InChI is InChI=1S/C13H16N4O2S/c1-7-5-11(20-6-12(18)19)15-13(14-7)17-10(4)8(2)9(3)16-17/h5H,6H2,1-4H3,(H,18,19). The minimum atomic E-state index is -0.866. The van der Waals surface area contributed by atoms with Gasteiger partial charge < -0.3 is 5.11 Å². The van der Waals surface area contributed by atoms with Crippen LogP contribution in [0.3, 0.4) is 0 Å². The Morgan fingerprint density at radius 3 is 2.55 bits per heavy atom. The predicted octanol–water partition coefficient (Wildman–Crippen LogP) is 2.07. The van der Waals surface area contributed by atoms with Crippen molar-refractivity contribution in [1.82, 2.24) is 19.7 Å². The van der Waals surface area contributed by atoms with Gasteiger partial charge in [0, 0.05) is 11.4 Å². The topological polar surface area (TPSA) is 80.9 Å². The molecule has 7 heteroatoms. The number of hydrogen-bond acceptors (Lipinski definition) is 5. The van der Waals surface area contributed by atoms with E-state index < -0.39 is 5.97 Å². The minimum absolute atomic E-state index is 0.0218. The van der Waals surface area contributed by atoms with Crippen LogP contribution in [-0.2, 0) is 4.79 Å². The maximum atomic E-state index is 10.6. The average molecular weight is 292 g/mol. The monoisotopic (exact) mass is 292 g/mol. The Labute approximate surface area is 121 Å². The van der Waals surface area contributed by atoms with E-state index >= 15 is 0 Å². The number of aryl methyl sites for hydroxylation is 2. The SMILES string of the molecule is Cc1cc(SCC(=O)O)nc(-n2nc(C)c(C)c2C)n1. The molecule has 0 aliphatic carbocycles. The molecule has 0 aliphatic heterocycles. The molecule has 20 heavy (non-hydrogen) atoms. The Bertz CT molecular complexity index is 667. The molecule has 2 heterocycles. The number of aliphatic carboxylic acids is 1. The second-order valence-electron chi connectivity index (χ2n) is 4.54. The van der Waals surface area contributed by atoms with E-state index in [1.54, 1.807) is 10.7 Å². The summed E-state index contributed by atoms with van der Waals surface area (Å²) < 4.78 is 1.70. The highest BCUT2D eigenvalue weighted by molar-refractivity contribution is 7.99. The summed E-state index contributed by atoms with van der Waals surface area (Å²) in [6, 6.07) is 1.77. The lowest BCUT2D eigenvalue weighted by Gasteiger charge is -2.06. The highest BCUT2D eigenvalue weighted by atomic mass is 32.2. The van der Waals surface area contributed by atoms with Crippen molar-refractivity contribution in [2.24, 2.45) is 0 Å². The highest BCUT2D eigenvalue weighted by Crippen LogP contribution is 2.19. The Balaban J connectivity index is 2.41. The first-order valence-corrected chi connectivity index (χ1v) is 7.10. The molecule has 106 valence electrons. The second kappa shape index (κ2) is 5.62. The van der Waals surface area contributed by atoms with Crippen molar-refractivity contribution in [3.8, 4) is 5.95 Å². The number of hydrogen-bond donors (Lipinski definition) is 1. The van der Waals surface area contributed by atoms with Crippen LogP contribution in [-0.4, -0.2) is 36.6 Å². The van der Waals surface area contributed by atoms with Crippen LogP contribution in [0, 0.1) is 27.7 Å². The number of carbonyl (C=O) groups is 1. The summed E-state index contributed by atoms with van der Waals surface area (Å²) in [7, 11) is 0. The smallest absolute Gasteiger partial charge is 0.313 e. The van der Waals surface area contributed by atoms with E-state index in [2.05, 4.69) is 15.1 Å². The molecular weight excluding hydrogens is 276 g/mol. The molecule has 2 aromatic heterocycles. The van der Waals surface area contributed by atoms with Crippen molar-refractivity contribution in [3.63, 3.8) is 0 Å². The van der Waals surface area contributed by atoms with Gasteiger partial charge in [0.25, 0.3) is 5.95 Å². The van der Waals surface area contributed by atoms with Gasteiger partial charge in [-0.3, -0.25) is 4.79 Å². The molecule has 2 aromatic rings. The number of thioether (sulfide) groups is 1. The third-order valence-corrected chi connectivity index (χ3v) is 3.90. The molecular formula is C13H16N4O2S. The van der Waals surface area contributed by atoms with Crippen LogP contribution in [0.5, 0.6) is 0 Å². The lowest BCUT2D eigenvalue weighted by molar-refractivity contribution is -0.133. The molecule has 2 rings (SSSR count). The number of carboxylic acid groups (broad SMARTS) is 1. The third-order valence-electron chi connectivity index (χ3n) is 3.00. The molecule has 0 saturated heterocycles. The van der Waals surface area contributed by atoms with Gasteiger partial charge in [-0.05, 0) is 39.3 Å². The lowest BCUT2D eigenvalue weighted by atomic mass is 10.2. The number of carboxylic acids is 1. The van der Waals surface area contributed by atoms with Gasteiger partial charge >= 0.3 is 5.97 Å². The van der Waals surface area contributed by atoms with Crippen LogP contribution < -0.4 is 0 Å². The fourth-order valence-electron chi connectivity index (χ4n) is 1.74. The van der Waals surface area contributed by atoms with E-state index in [0.29, 0.717) is 11.0 Å². The van der Waals surface area contributed by atoms with Crippen molar-refractivity contribution >= 4 is 17.7 Å². The maximum Gasteiger partial charge on any atom is 0.313 e. The Morgan fingerprint density at radius 1 is 1.30 bits per heavy atom. The van der Waals surface area contributed by atoms with E-state index in [1.807, 2.05) is 27.7 Å². The summed E-state index contributed by atoms with van der Waals surface area (Å²) in [6.45, 7) is 7.76. The lowest BCUT2D eigenvalue weighted by Crippen LogP contribution is -2.07. The summed E-state index contributed by atoms with van der Waals surface area (Å²) in [4.78, 5) is 19.4. The molecule has 0 bridgehead atoms. The number of rotatable bonds is 4. The summed E-state index contributed by atoms with van der Waals surface area (Å²) >= 11 is 1.18. The summed E-state index contributed by atoms with van der Waals surface area (Å²) in [5.41, 5.74) is 3.82. The van der Waals surface area contributed by atoms with Crippen LogP contribution in [0.4, 0.5) is 0 Å². The van der Waals surface area contributed by atoms with Gasteiger partial charge in [-0.15, -0.1) is 0 Å². The molecule has 0 aliphatic rings. The summed E-state index contributed by atoms with van der Waals surface area (Å²) in [6.07, 6.45) is 0. The first-order chi connectivity index (χ1) is 9.38. The fraction of sp³-hybridized carbons (Fsp3) is 0.385. The molecule has 0 radical (unpaired) electrons. The van der Waals surface area contributed by atoms with Gasteiger partial charge in [0.2, 0.25) is 0 Å². The Kier molecular flexibility index (Phi) is 4.08. The molecule has 0 saturated carbocycles. The van der Waals surface area contributed by atoms with E-state index in [0.717, 1.165) is 22.6 Å². The van der Waals surface area contributed by atoms with Crippen molar-refractivity contribution < 1.29 is 9.90 Å². The molecule has 0 fully saturated rings. The summed E-state index contributed by atoms with van der Waals surface area (Å²) in [5.74, 6) is -0.409. The second-order valence-corrected chi connectivity index (χ2v) is 5.53. The van der Waals surface area contributed by atoms with Gasteiger partial charge in [-0.1, -0.05) is 11.8 Å². The minimum Gasteiger partial charge on any atom is -0.481 e. The average Bonchev–Trinajstić information content (AvgIpc) is 2.63. The first kappa shape index (κ1) is 14.5. The van der Waals surface area contributed by atoms with E-state index in [1.165, 1.54) is 11.8 Å². The molecule has 0 aromatic carbocycles. The van der Waals surface area contributed by atoms with Crippen molar-refractivity contribution in [1.29, 1.82) is 0 Å². The zero-order chi connectivity index (χ0) is 14.9.